The van der Waals surface area contributed by atoms with E-state index in [0.717, 1.165) is 36.3 Å². The molecule has 1 aromatic heterocycles. The van der Waals surface area contributed by atoms with Crippen LogP contribution in [0.2, 0.25) is 0 Å². The van der Waals surface area contributed by atoms with Crippen molar-refractivity contribution >= 4 is 0 Å². The lowest BCUT2D eigenvalue weighted by atomic mass is 9.79. The molecular formula is C17H24N2. The van der Waals surface area contributed by atoms with Crippen LogP contribution in [0, 0.1) is 30.6 Å². The second-order valence-corrected chi connectivity index (χ2v) is 6.94. The van der Waals surface area contributed by atoms with Gasteiger partial charge in [0.05, 0.1) is 0 Å². The van der Waals surface area contributed by atoms with E-state index in [9.17, 15) is 0 Å². The summed E-state index contributed by atoms with van der Waals surface area (Å²) in [5, 5.41) is 3.84. The van der Waals surface area contributed by atoms with Gasteiger partial charge in [-0.15, -0.1) is 0 Å². The van der Waals surface area contributed by atoms with Gasteiger partial charge in [0.15, 0.2) is 0 Å². The Hall–Kier alpha value is -0.890. The van der Waals surface area contributed by atoms with Crippen LogP contribution in [0.4, 0.5) is 0 Å². The SMILES string of the molecule is Cc1ccncc1CNC1CC2CC1C1CCCC21. The predicted molar refractivity (Wildman–Crippen MR) is 76.6 cm³/mol. The molecule has 19 heavy (non-hydrogen) atoms. The normalized spacial score (nSPS) is 39.7. The molecule has 5 atom stereocenters. The number of pyridine rings is 1. The largest absolute Gasteiger partial charge is 0.310 e. The molecule has 102 valence electrons. The van der Waals surface area contributed by atoms with E-state index in [1.807, 2.05) is 12.4 Å². The number of aromatic nitrogens is 1. The molecule has 2 heteroatoms. The summed E-state index contributed by atoms with van der Waals surface area (Å²) in [6.45, 7) is 3.19. The molecule has 0 radical (unpaired) electrons. The summed E-state index contributed by atoms with van der Waals surface area (Å²) in [5.74, 6) is 4.19. The lowest BCUT2D eigenvalue weighted by Crippen LogP contribution is -2.39. The third-order valence-electron chi connectivity index (χ3n) is 6.13. The van der Waals surface area contributed by atoms with E-state index in [2.05, 4.69) is 23.3 Å². The molecule has 1 aromatic rings. The van der Waals surface area contributed by atoms with E-state index < -0.39 is 0 Å². The predicted octanol–water partition coefficient (Wildman–Crippen LogP) is 3.30. The molecule has 0 spiro atoms. The molecular weight excluding hydrogens is 232 g/mol. The van der Waals surface area contributed by atoms with Gasteiger partial charge in [-0.05, 0) is 73.5 Å². The van der Waals surface area contributed by atoms with Crippen molar-refractivity contribution in [1.82, 2.24) is 10.3 Å². The van der Waals surface area contributed by atoms with E-state index in [1.165, 1.54) is 43.2 Å². The molecule has 3 aliphatic rings. The van der Waals surface area contributed by atoms with Gasteiger partial charge in [0.2, 0.25) is 0 Å². The summed E-state index contributed by atoms with van der Waals surface area (Å²) < 4.78 is 0. The van der Waals surface area contributed by atoms with Crippen LogP contribution in [0.15, 0.2) is 18.5 Å². The molecule has 3 aliphatic carbocycles. The number of aryl methyl sites for hydroxylation is 1. The fourth-order valence-electron chi connectivity index (χ4n) is 5.23. The van der Waals surface area contributed by atoms with Crippen LogP contribution >= 0.6 is 0 Å². The standard InChI is InChI=1S/C17H24N2/c1-11-5-6-18-9-13(11)10-19-17-8-12-7-16(17)15-4-2-3-14(12)15/h5-6,9,12,14-17,19H,2-4,7-8,10H2,1H3. The number of nitrogens with zero attached hydrogens (tertiary/aromatic N) is 1. The fourth-order valence-corrected chi connectivity index (χ4v) is 5.23. The first-order chi connectivity index (χ1) is 9.33. The van der Waals surface area contributed by atoms with Crippen molar-refractivity contribution in [1.29, 1.82) is 0 Å². The van der Waals surface area contributed by atoms with E-state index in [4.69, 9.17) is 0 Å². The zero-order chi connectivity index (χ0) is 12.8. The summed E-state index contributed by atoms with van der Waals surface area (Å²) in [5.41, 5.74) is 2.73. The number of rotatable bonds is 3. The Kier molecular flexibility index (Phi) is 2.87. The van der Waals surface area contributed by atoms with Crippen LogP contribution in [-0.2, 0) is 6.54 Å². The van der Waals surface area contributed by atoms with E-state index >= 15 is 0 Å². The minimum atomic E-state index is 0.781. The minimum absolute atomic E-state index is 0.781. The van der Waals surface area contributed by atoms with Crippen LogP contribution in [0.25, 0.3) is 0 Å². The summed E-state index contributed by atoms with van der Waals surface area (Å²) in [4.78, 5) is 4.25. The first-order valence-corrected chi connectivity index (χ1v) is 7.96. The Labute approximate surface area is 116 Å². The summed E-state index contributed by atoms with van der Waals surface area (Å²) >= 11 is 0. The van der Waals surface area contributed by atoms with Crippen molar-refractivity contribution in [2.75, 3.05) is 0 Å². The van der Waals surface area contributed by atoms with Crippen LogP contribution in [0.1, 0.15) is 43.2 Å². The summed E-state index contributed by atoms with van der Waals surface area (Å²) in [6, 6.07) is 2.90. The van der Waals surface area contributed by atoms with E-state index in [-0.39, 0.29) is 0 Å². The Morgan fingerprint density at radius 1 is 1.21 bits per heavy atom. The smallest absolute Gasteiger partial charge is 0.0315 e. The lowest BCUT2D eigenvalue weighted by molar-refractivity contribution is 0.208. The number of hydrogen-bond acceptors (Lipinski definition) is 2. The van der Waals surface area contributed by atoms with Crippen molar-refractivity contribution in [3.05, 3.63) is 29.6 Å². The number of hydrogen-bond donors (Lipinski definition) is 1. The molecule has 1 heterocycles. The van der Waals surface area contributed by atoms with Crippen molar-refractivity contribution in [3.8, 4) is 0 Å². The number of fused-ring (bicyclic) bond motifs is 5. The zero-order valence-corrected chi connectivity index (χ0v) is 11.8. The van der Waals surface area contributed by atoms with Gasteiger partial charge < -0.3 is 5.32 Å². The minimum Gasteiger partial charge on any atom is -0.310 e. The average Bonchev–Trinajstić information content (AvgIpc) is 3.10. The summed E-state index contributed by atoms with van der Waals surface area (Å²) in [7, 11) is 0. The highest BCUT2D eigenvalue weighted by atomic mass is 14.9. The van der Waals surface area contributed by atoms with Gasteiger partial charge in [-0.3, -0.25) is 4.98 Å². The molecule has 1 N–H and O–H groups in total. The van der Waals surface area contributed by atoms with Gasteiger partial charge in [0.1, 0.15) is 0 Å². The van der Waals surface area contributed by atoms with Crippen LogP contribution in [-0.4, -0.2) is 11.0 Å². The maximum Gasteiger partial charge on any atom is 0.0315 e. The quantitative estimate of drug-likeness (QED) is 0.897. The number of nitrogens with one attached hydrogen (secondary N) is 1. The average molecular weight is 256 g/mol. The Morgan fingerprint density at radius 3 is 3.00 bits per heavy atom. The molecule has 5 unspecified atom stereocenters. The van der Waals surface area contributed by atoms with Gasteiger partial charge in [0, 0.05) is 25.0 Å². The van der Waals surface area contributed by atoms with Crippen molar-refractivity contribution in [3.63, 3.8) is 0 Å². The first kappa shape index (κ1) is 11.9. The molecule has 3 saturated carbocycles. The molecule has 2 bridgehead atoms. The van der Waals surface area contributed by atoms with E-state index in [1.54, 1.807) is 0 Å². The maximum atomic E-state index is 4.25. The molecule has 3 fully saturated rings. The van der Waals surface area contributed by atoms with Gasteiger partial charge >= 0.3 is 0 Å². The summed E-state index contributed by atoms with van der Waals surface area (Å²) in [6.07, 6.45) is 11.4. The zero-order valence-electron chi connectivity index (χ0n) is 11.8. The third-order valence-corrected chi connectivity index (χ3v) is 6.13. The highest BCUT2D eigenvalue weighted by Crippen LogP contribution is 2.58. The maximum absolute atomic E-state index is 4.25. The lowest BCUT2D eigenvalue weighted by Gasteiger charge is -2.32. The molecule has 2 nitrogen and oxygen atoms in total. The van der Waals surface area contributed by atoms with Gasteiger partial charge in [-0.25, -0.2) is 0 Å². The molecule has 0 saturated heterocycles. The second-order valence-electron chi connectivity index (χ2n) is 6.94. The third kappa shape index (κ3) is 1.92. The van der Waals surface area contributed by atoms with Crippen LogP contribution in [0.3, 0.4) is 0 Å². The molecule has 0 amide bonds. The van der Waals surface area contributed by atoms with Crippen molar-refractivity contribution in [2.24, 2.45) is 23.7 Å². The highest BCUT2D eigenvalue weighted by Gasteiger charge is 2.53. The topological polar surface area (TPSA) is 24.9 Å². The second kappa shape index (κ2) is 4.59. The van der Waals surface area contributed by atoms with Crippen LogP contribution in [0.5, 0.6) is 0 Å². The van der Waals surface area contributed by atoms with Crippen molar-refractivity contribution < 1.29 is 0 Å². The Morgan fingerprint density at radius 2 is 2.11 bits per heavy atom. The first-order valence-electron chi connectivity index (χ1n) is 7.96. The Balaban J connectivity index is 1.41. The monoisotopic (exact) mass is 256 g/mol. The fraction of sp³-hybridized carbons (Fsp3) is 0.706. The van der Waals surface area contributed by atoms with Crippen molar-refractivity contribution in [2.45, 2.75) is 51.6 Å². The van der Waals surface area contributed by atoms with Crippen LogP contribution < -0.4 is 5.32 Å². The van der Waals surface area contributed by atoms with Gasteiger partial charge in [0.25, 0.3) is 0 Å². The van der Waals surface area contributed by atoms with Gasteiger partial charge in [-0.1, -0.05) is 6.42 Å². The molecule has 4 rings (SSSR count). The highest BCUT2D eigenvalue weighted by molar-refractivity contribution is 5.21. The van der Waals surface area contributed by atoms with E-state index in [0.29, 0.717) is 0 Å². The molecule has 0 aromatic carbocycles. The Bertz CT molecular complexity index is 470. The van der Waals surface area contributed by atoms with Gasteiger partial charge in [-0.2, -0.15) is 0 Å². The molecule has 0 aliphatic heterocycles.